The molecule has 1 aromatic carbocycles. The molecular weight excluding hydrogens is 268 g/mol. The van der Waals surface area contributed by atoms with Crippen molar-refractivity contribution >= 4 is 5.97 Å². The van der Waals surface area contributed by atoms with Gasteiger partial charge in [-0.2, -0.15) is 0 Å². The third kappa shape index (κ3) is 2.59. The fourth-order valence-electron chi connectivity index (χ4n) is 3.13. The number of hydrogen-bond acceptors (Lipinski definition) is 3. The minimum atomic E-state index is -0.804. The van der Waals surface area contributed by atoms with Crippen molar-refractivity contribution in [2.45, 2.75) is 46.0 Å². The largest absolute Gasteiger partial charge is 0.493 e. The molecule has 0 saturated carbocycles. The summed E-state index contributed by atoms with van der Waals surface area (Å²) in [6.45, 7) is 5.00. The Balaban J connectivity index is 2.10. The average molecular weight is 290 g/mol. The summed E-state index contributed by atoms with van der Waals surface area (Å²) in [6.07, 6.45) is 4.39. The molecule has 0 radical (unpaired) electrons. The van der Waals surface area contributed by atoms with Crippen molar-refractivity contribution in [2.24, 2.45) is 5.41 Å². The molecule has 2 aliphatic rings. The molecule has 2 aliphatic heterocycles. The second-order valence-electron chi connectivity index (χ2n) is 6.59. The highest BCUT2D eigenvalue weighted by atomic mass is 16.5. The first-order valence-electron chi connectivity index (χ1n) is 7.65. The van der Waals surface area contributed by atoms with Gasteiger partial charge in [0.2, 0.25) is 0 Å². The van der Waals surface area contributed by atoms with Crippen molar-refractivity contribution in [1.29, 1.82) is 0 Å². The zero-order valence-corrected chi connectivity index (χ0v) is 12.7. The number of carboxylic acid groups (broad SMARTS) is 1. The van der Waals surface area contributed by atoms with E-state index in [1.165, 1.54) is 0 Å². The Hall–Kier alpha value is -1.71. The van der Waals surface area contributed by atoms with E-state index in [1.807, 2.05) is 0 Å². The van der Waals surface area contributed by atoms with Crippen LogP contribution in [0.2, 0.25) is 0 Å². The van der Waals surface area contributed by atoms with Crippen molar-refractivity contribution in [2.75, 3.05) is 13.2 Å². The van der Waals surface area contributed by atoms with Gasteiger partial charge in [0.05, 0.1) is 18.6 Å². The fraction of sp³-hybridized carbons (Fsp3) is 0.588. The number of carbonyl (C=O) groups is 1. The van der Waals surface area contributed by atoms with E-state index in [0.717, 1.165) is 60.5 Å². The lowest BCUT2D eigenvalue weighted by atomic mass is 9.81. The molecule has 1 aromatic rings. The van der Waals surface area contributed by atoms with E-state index in [-0.39, 0.29) is 0 Å². The van der Waals surface area contributed by atoms with Crippen LogP contribution in [0.3, 0.4) is 0 Å². The van der Waals surface area contributed by atoms with E-state index in [4.69, 9.17) is 9.47 Å². The lowest BCUT2D eigenvalue weighted by Gasteiger charge is -2.30. The van der Waals surface area contributed by atoms with Crippen molar-refractivity contribution in [1.82, 2.24) is 0 Å². The van der Waals surface area contributed by atoms with Gasteiger partial charge in [-0.1, -0.05) is 0 Å². The van der Waals surface area contributed by atoms with Crippen LogP contribution in [0.15, 0.2) is 6.07 Å². The molecule has 0 aromatic heterocycles. The molecule has 0 unspecified atom stereocenters. The Bertz CT molecular complexity index is 540. The highest BCUT2D eigenvalue weighted by Crippen LogP contribution is 2.42. The van der Waals surface area contributed by atoms with Crippen LogP contribution in [0, 0.1) is 5.41 Å². The summed E-state index contributed by atoms with van der Waals surface area (Å²) in [5.41, 5.74) is 2.56. The summed E-state index contributed by atoms with van der Waals surface area (Å²) >= 11 is 0. The quantitative estimate of drug-likeness (QED) is 0.929. The van der Waals surface area contributed by atoms with Crippen molar-refractivity contribution in [3.8, 4) is 11.5 Å². The molecule has 114 valence electrons. The maximum Gasteiger partial charge on any atom is 0.309 e. The molecule has 4 nitrogen and oxygen atoms in total. The van der Waals surface area contributed by atoms with E-state index in [9.17, 15) is 9.90 Å². The molecular formula is C17H22O4. The predicted octanol–water partition coefficient (Wildman–Crippen LogP) is 2.99. The first-order chi connectivity index (χ1) is 9.99. The summed E-state index contributed by atoms with van der Waals surface area (Å²) in [5, 5.41) is 9.44. The van der Waals surface area contributed by atoms with Gasteiger partial charge < -0.3 is 14.6 Å². The van der Waals surface area contributed by atoms with Crippen LogP contribution < -0.4 is 9.47 Å². The summed E-state index contributed by atoms with van der Waals surface area (Å²) in [6, 6.07) is 2.10. The molecule has 3 rings (SSSR count). The molecule has 0 bridgehead atoms. The zero-order valence-electron chi connectivity index (χ0n) is 12.7. The summed E-state index contributed by atoms with van der Waals surface area (Å²) < 4.78 is 11.7. The Morgan fingerprint density at radius 3 is 2.71 bits per heavy atom. The summed E-state index contributed by atoms with van der Waals surface area (Å²) in [5.74, 6) is 1.07. The highest BCUT2D eigenvalue weighted by molar-refractivity contribution is 5.74. The molecule has 0 aliphatic carbocycles. The first kappa shape index (κ1) is 14.2. The zero-order chi connectivity index (χ0) is 15.0. The Morgan fingerprint density at radius 2 is 1.95 bits per heavy atom. The summed E-state index contributed by atoms with van der Waals surface area (Å²) in [7, 11) is 0. The van der Waals surface area contributed by atoms with Crippen LogP contribution in [-0.2, 0) is 24.1 Å². The van der Waals surface area contributed by atoms with E-state index in [0.29, 0.717) is 13.0 Å². The van der Waals surface area contributed by atoms with Gasteiger partial charge in [0.1, 0.15) is 11.5 Å². The maximum atomic E-state index is 11.5. The van der Waals surface area contributed by atoms with E-state index in [2.05, 4.69) is 6.07 Å². The number of hydrogen-bond donors (Lipinski definition) is 1. The first-order valence-corrected chi connectivity index (χ1v) is 7.65. The normalized spacial score (nSPS) is 17.2. The van der Waals surface area contributed by atoms with Gasteiger partial charge in [0.25, 0.3) is 0 Å². The molecule has 2 heterocycles. The Morgan fingerprint density at radius 1 is 1.24 bits per heavy atom. The van der Waals surface area contributed by atoms with Gasteiger partial charge in [-0.05, 0) is 57.6 Å². The maximum absolute atomic E-state index is 11.5. The number of aryl methyl sites for hydroxylation is 1. The lowest BCUT2D eigenvalue weighted by Crippen LogP contribution is -2.28. The average Bonchev–Trinajstić information content (AvgIpc) is 2.46. The number of benzene rings is 1. The monoisotopic (exact) mass is 290 g/mol. The van der Waals surface area contributed by atoms with Crippen LogP contribution >= 0.6 is 0 Å². The van der Waals surface area contributed by atoms with E-state index >= 15 is 0 Å². The predicted molar refractivity (Wildman–Crippen MR) is 79.2 cm³/mol. The van der Waals surface area contributed by atoms with Crippen LogP contribution in [-0.4, -0.2) is 24.3 Å². The number of carboxylic acids is 1. The van der Waals surface area contributed by atoms with Crippen LogP contribution in [0.4, 0.5) is 0 Å². The van der Waals surface area contributed by atoms with Gasteiger partial charge in [-0.3, -0.25) is 4.79 Å². The molecule has 0 saturated heterocycles. The minimum Gasteiger partial charge on any atom is -0.493 e. The molecule has 1 N–H and O–H groups in total. The van der Waals surface area contributed by atoms with Crippen molar-refractivity contribution in [3.05, 3.63) is 22.8 Å². The Labute approximate surface area is 125 Å². The number of aliphatic carboxylic acids is 1. The third-order valence-electron chi connectivity index (χ3n) is 4.40. The number of rotatable bonds is 3. The van der Waals surface area contributed by atoms with Gasteiger partial charge in [-0.15, -0.1) is 0 Å². The molecule has 4 heteroatoms. The number of ether oxygens (including phenoxy) is 2. The Kier molecular flexibility index (Phi) is 3.56. The second kappa shape index (κ2) is 5.24. The van der Waals surface area contributed by atoms with E-state index < -0.39 is 11.4 Å². The molecule has 0 fully saturated rings. The minimum absolute atomic E-state index is 0.483. The van der Waals surface area contributed by atoms with Gasteiger partial charge in [-0.25, -0.2) is 0 Å². The fourth-order valence-corrected chi connectivity index (χ4v) is 3.13. The highest BCUT2D eigenvalue weighted by Gasteiger charge is 2.33. The molecule has 0 atom stereocenters. The van der Waals surface area contributed by atoms with Crippen molar-refractivity contribution in [3.63, 3.8) is 0 Å². The molecule has 21 heavy (non-hydrogen) atoms. The van der Waals surface area contributed by atoms with E-state index in [1.54, 1.807) is 13.8 Å². The second-order valence-corrected chi connectivity index (χ2v) is 6.59. The van der Waals surface area contributed by atoms with Crippen LogP contribution in [0.5, 0.6) is 11.5 Å². The standard InChI is InChI=1S/C17H22O4/c1-17(2,16(18)19)10-13-12-6-4-7-20-14(12)9-11-5-3-8-21-15(11)13/h9H,3-8,10H2,1-2H3,(H,18,19). The smallest absolute Gasteiger partial charge is 0.309 e. The summed E-state index contributed by atoms with van der Waals surface area (Å²) in [4.78, 5) is 11.5. The van der Waals surface area contributed by atoms with Crippen LogP contribution in [0.1, 0.15) is 43.4 Å². The molecule has 0 spiro atoms. The van der Waals surface area contributed by atoms with Gasteiger partial charge in [0.15, 0.2) is 0 Å². The molecule has 0 amide bonds. The SMILES string of the molecule is CC(C)(Cc1c2c(cc3c1OCCC3)OCCC2)C(=O)O. The van der Waals surface area contributed by atoms with Gasteiger partial charge in [0, 0.05) is 11.1 Å². The van der Waals surface area contributed by atoms with Crippen molar-refractivity contribution < 1.29 is 19.4 Å². The third-order valence-corrected chi connectivity index (χ3v) is 4.40. The van der Waals surface area contributed by atoms with Crippen LogP contribution in [0.25, 0.3) is 0 Å². The number of fused-ring (bicyclic) bond motifs is 2. The lowest BCUT2D eigenvalue weighted by molar-refractivity contribution is -0.146. The topological polar surface area (TPSA) is 55.8 Å². The van der Waals surface area contributed by atoms with Gasteiger partial charge >= 0.3 is 5.97 Å².